The molecule has 0 heterocycles. The summed E-state index contributed by atoms with van der Waals surface area (Å²) in [7, 11) is 0. The van der Waals surface area contributed by atoms with Gasteiger partial charge in [0.15, 0.2) is 5.16 Å². The monoisotopic (exact) mass is 326 g/mol. The molecule has 0 aliphatic heterocycles. The molecule has 0 aliphatic rings. The molecule has 0 N–H and O–H groups in total. The highest BCUT2D eigenvalue weighted by Crippen LogP contribution is 2.34. The summed E-state index contributed by atoms with van der Waals surface area (Å²) in [6, 6.07) is 10.1. The second-order valence-corrected chi connectivity index (χ2v) is 5.89. The van der Waals surface area contributed by atoms with Crippen molar-refractivity contribution in [2.45, 2.75) is 24.9 Å². The third kappa shape index (κ3) is 4.13. The highest BCUT2D eigenvalue weighted by Gasteiger charge is 2.29. The third-order valence-corrected chi connectivity index (χ3v) is 4.29. The second-order valence-electron chi connectivity index (χ2n) is 4.89. The van der Waals surface area contributed by atoms with Crippen molar-refractivity contribution < 1.29 is 17.6 Å². The Morgan fingerprint density at radius 1 is 0.955 bits per heavy atom. The van der Waals surface area contributed by atoms with Crippen molar-refractivity contribution in [2.24, 2.45) is 0 Å². The van der Waals surface area contributed by atoms with E-state index in [4.69, 9.17) is 0 Å². The quantitative estimate of drug-likeness (QED) is 0.465. The summed E-state index contributed by atoms with van der Waals surface area (Å²) in [4.78, 5) is 0.822. The van der Waals surface area contributed by atoms with Gasteiger partial charge in [-0.15, -0.1) is 0 Å². The van der Waals surface area contributed by atoms with Crippen molar-refractivity contribution in [2.75, 3.05) is 0 Å². The molecule has 0 fully saturated rings. The zero-order valence-electron chi connectivity index (χ0n) is 12.0. The predicted octanol–water partition coefficient (Wildman–Crippen LogP) is 6.38. The molecular formula is C17H14F4S. The number of hydrogen-bond donors (Lipinski definition) is 0. The van der Waals surface area contributed by atoms with E-state index < -0.39 is 16.9 Å². The van der Waals surface area contributed by atoms with Gasteiger partial charge in [-0.3, -0.25) is 0 Å². The molecule has 22 heavy (non-hydrogen) atoms. The lowest BCUT2D eigenvalue weighted by Crippen LogP contribution is -2.03. The van der Waals surface area contributed by atoms with Crippen LogP contribution in [0.2, 0.25) is 0 Å². The Morgan fingerprint density at radius 2 is 1.50 bits per heavy atom. The molecule has 116 valence electrons. The maximum absolute atomic E-state index is 14.1. The van der Waals surface area contributed by atoms with Gasteiger partial charge < -0.3 is 0 Å². The predicted molar refractivity (Wildman–Crippen MR) is 82.3 cm³/mol. The van der Waals surface area contributed by atoms with Crippen molar-refractivity contribution in [3.8, 4) is 0 Å². The SMILES string of the molecule is Cc1cccc(C)c1S/C(F)=C/c1ccc(C(F)(F)F)cc1. The van der Waals surface area contributed by atoms with Crippen LogP contribution >= 0.6 is 11.8 Å². The van der Waals surface area contributed by atoms with E-state index in [1.54, 1.807) is 0 Å². The molecule has 0 atom stereocenters. The van der Waals surface area contributed by atoms with Crippen molar-refractivity contribution in [3.63, 3.8) is 0 Å². The Kier molecular flexibility index (Phi) is 4.96. The van der Waals surface area contributed by atoms with Gasteiger partial charge in [0.2, 0.25) is 0 Å². The summed E-state index contributed by atoms with van der Waals surface area (Å²) in [6.07, 6.45) is -3.15. The first-order chi connectivity index (χ1) is 10.3. The summed E-state index contributed by atoms with van der Waals surface area (Å²) < 4.78 is 51.5. The van der Waals surface area contributed by atoms with Gasteiger partial charge in [-0.05, 0) is 48.7 Å². The second kappa shape index (κ2) is 6.57. The summed E-state index contributed by atoms with van der Waals surface area (Å²) in [6.45, 7) is 3.78. The van der Waals surface area contributed by atoms with Crippen LogP contribution in [0.3, 0.4) is 0 Å². The molecule has 0 nitrogen and oxygen atoms in total. The minimum absolute atomic E-state index is 0.393. The van der Waals surface area contributed by atoms with Gasteiger partial charge in [0.1, 0.15) is 0 Å². The number of benzene rings is 2. The summed E-state index contributed by atoms with van der Waals surface area (Å²) in [5.74, 6) is 0. The van der Waals surface area contributed by atoms with Crippen molar-refractivity contribution in [3.05, 3.63) is 69.9 Å². The molecule has 0 radical (unpaired) electrons. The molecule has 0 spiro atoms. The topological polar surface area (TPSA) is 0 Å². The molecule has 0 aliphatic carbocycles. The van der Waals surface area contributed by atoms with Crippen molar-refractivity contribution >= 4 is 17.8 Å². The summed E-state index contributed by atoms with van der Waals surface area (Å²) >= 11 is 0.974. The number of hydrogen-bond acceptors (Lipinski definition) is 1. The fraction of sp³-hybridized carbons (Fsp3) is 0.176. The van der Waals surface area contributed by atoms with E-state index in [0.717, 1.165) is 39.9 Å². The molecule has 5 heteroatoms. The number of thioether (sulfide) groups is 1. The van der Waals surface area contributed by atoms with E-state index in [1.165, 1.54) is 18.2 Å². The standard InChI is InChI=1S/C17H14F4S/c1-11-4-3-5-12(2)16(11)22-15(18)10-13-6-8-14(9-7-13)17(19,20)21/h3-10H,1-2H3/b15-10+. The number of aryl methyl sites for hydroxylation is 2. The Bertz CT molecular complexity index is 665. The Labute approximate surface area is 130 Å². The van der Waals surface area contributed by atoms with Crippen molar-refractivity contribution in [1.29, 1.82) is 0 Å². The number of alkyl halides is 3. The fourth-order valence-corrected chi connectivity index (χ4v) is 2.83. The molecule has 0 aromatic heterocycles. The van der Waals surface area contributed by atoms with E-state index in [-0.39, 0.29) is 0 Å². The minimum Gasteiger partial charge on any atom is -0.199 e. The third-order valence-electron chi connectivity index (χ3n) is 3.13. The molecule has 2 aromatic carbocycles. The van der Waals surface area contributed by atoms with Gasteiger partial charge in [0.05, 0.1) is 5.56 Å². The van der Waals surface area contributed by atoms with Crippen LogP contribution in [0.25, 0.3) is 6.08 Å². The van der Waals surface area contributed by atoms with E-state index >= 15 is 0 Å². The van der Waals surface area contributed by atoms with Gasteiger partial charge in [-0.2, -0.15) is 17.6 Å². The minimum atomic E-state index is -4.38. The van der Waals surface area contributed by atoms with Crippen LogP contribution in [0.5, 0.6) is 0 Å². The zero-order chi connectivity index (χ0) is 16.3. The van der Waals surface area contributed by atoms with Crippen LogP contribution in [0.4, 0.5) is 17.6 Å². The first-order valence-electron chi connectivity index (χ1n) is 6.56. The molecule has 0 amide bonds. The largest absolute Gasteiger partial charge is 0.416 e. The van der Waals surface area contributed by atoms with E-state index in [2.05, 4.69) is 0 Å². The Hall–Kier alpha value is -1.75. The zero-order valence-corrected chi connectivity index (χ0v) is 12.9. The molecule has 0 unspecified atom stereocenters. The molecule has 0 saturated heterocycles. The first kappa shape index (κ1) is 16.6. The van der Waals surface area contributed by atoms with Crippen LogP contribution in [-0.2, 0) is 6.18 Å². The van der Waals surface area contributed by atoms with Crippen LogP contribution in [0, 0.1) is 13.8 Å². The van der Waals surface area contributed by atoms with E-state index in [1.807, 2.05) is 32.0 Å². The van der Waals surface area contributed by atoms with Crippen molar-refractivity contribution in [1.82, 2.24) is 0 Å². The molecular weight excluding hydrogens is 312 g/mol. The lowest BCUT2D eigenvalue weighted by Gasteiger charge is -2.08. The lowest BCUT2D eigenvalue weighted by molar-refractivity contribution is -0.137. The first-order valence-corrected chi connectivity index (χ1v) is 7.37. The average molecular weight is 326 g/mol. The van der Waals surface area contributed by atoms with Gasteiger partial charge in [0.25, 0.3) is 0 Å². The highest BCUT2D eigenvalue weighted by molar-refractivity contribution is 8.03. The smallest absolute Gasteiger partial charge is 0.199 e. The molecule has 2 rings (SSSR count). The number of rotatable bonds is 3. The van der Waals surface area contributed by atoms with Gasteiger partial charge in [0, 0.05) is 4.90 Å². The van der Waals surface area contributed by atoms with Crippen LogP contribution in [-0.4, -0.2) is 0 Å². The van der Waals surface area contributed by atoms with Gasteiger partial charge >= 0.3 is 6.18 Å². The summed E-state index contributed by atoms with van der Waals surface area (Å²) in [5.41, 5.74) is 1.57. The van der Waals surface area contributed by atoms with Crippen LogP contribution in [0.1, 0.15) is 22.3 Å². The van der Waals surface area contributed by atoms with Gasteiger partial charge in [-0.25, -0.2) is 0 Å². The van der Waals surface area contributed by atoms with Gasteiger partial charge in [-0.1, -0.05) is 42.1 Å². The normalized spacial score (nSPS) is 12.5. The molecule has 0 bridgehead atoms. The molecule has 2 aromatic rings. The lowest BCUT2D eigenvalue weighted by atomic mass is 10.1. The van der Waals surface area contributed by atoms with E-state index in [0.29, 0.717) is 5.56 Å². The van der Waals surface area contributed by atoms with Crippen LogP contribution in [0.15, 0.2) is 52.5 Å². The average Bonchev–Trinajstić information content (AvgIpc) is 2.43. The Balaban J connectivity index is 2.19. The van der Waals surface area contributed by atoms with Crippen LogP contribution < -0.4 is 0 Å². The van der Waals surface area contributed by atoms with E-state index in [9.17, 15) is 17.6 Å². The maximum atomic E-state index is 14.1. The summed E-state index contributed by atoms with van der Waals surface area (Å²) in [5, 5.41) is -0.461. The fourth-order valence-electron chi connectivity index (χ4n) is 1.99. The highest BCUT2D eigenvalue weighted by atomic mass is 32.2. The molecule has 0 saturated carbocycles. The number of halogens is 4. The Morgan fingerprint density at radius 3 is 2.00 bits per heavy atom. The maximum Gasteiger partial charge on any atom is 0.416 e.